The molecule has 0 aliphatic heterocycles. The van der Waals surface area contributed by atoms with Crippen LogP contribution in [0.4, 0.5) is 5.69 Å². The predicted molar refractivity (Wildman–Crippen MR) is 94.0 cm³/mol. The average molecular weight is 360 g/mol. The molecule has 0 saturated carbocycles. The first-order valence-electron chi connectivity index (χ1n) is 7.79. The summed E-state index contributed by atoms with van der Waals surface area (Å²) in [5, 5.41) is 22.8. The summed E-state index contributed by atoms with van der Waals surface area (Å²) in [6.45, 7) is 0. The molecular formula is C17H12N8O2. The number of nitrogens with zero attached hydrogens (tertiary/aromatic N) is 6. The molecule has 0 spiro atoms. The summed E-state index contributed by atoms with van der Waals surface area (Å²) in [5.74, 6) is -0.0962. The number of aromatic amines is 1. The van der Waals surface area contributed by atoms with Gasteiger partial charge in [-0.15, -0.1) is 0 Å². The second-order valence-electron chi connectivity index (χ2n) is 5.45. The van der Waals surface area contributed by atoms with Crippen molar-refractivity contribution in [1.29, 1.82) is 5.26 Å². The van der Waals surface area contributed by atoms with Crippen molar-refractivity contribution < 1.29 is 9.53 Å². The van der Waals surface area contributed by atoms with E-state index in [9.17, 15) is 4.79 Å². The van der Waals surface area contributed by atoms with Crippen molar-refractivity contribution in [2.75, 3.05) is 12.4 Å². The molecule has 4 aromatic heterocycles. The maximum Gasteiger partial charge on any atom is 0.261 e. The number of nitriles is 1. The Labute approximate surface area is 152 Å². The quantitative estimate of drug-likeness (QED) is 0.565. The van der Waals surface area contributed by atoms with Crippen LogP contribution in [0, 0.1) is 11.3 Å². The lowest BCUT2D eigenvalue weighted by Gasteiger charge is -2.09. The molecule has 0 aliphatic rings. The summed E-state index contributed by atoms with van der Waals surface area (Å²) >= 11 is 0. The largest absolute Gasteiger partial charge is 0.481 e. The van der Waals surface area contributed by atoms with Gasteiger partial charge in [0.05, 0.1) is 42.0 Å². The molecule has 0 fully saturated rings. The van der Waals surface area contributed by atoms with Crippen LogP contribution in [0.5, 0.6) is 5.88 Å². The lowest BCUT2D eigenvalue weighted by atomic mass is 10.1. The Morgan fingerprint density at radius 3 is 3.04 bits per heavy atom. The number of hydrogen-bond donors (Lipinski definition) is 2. The molecule has 10 nitrogen and oxygen atoms in total. The van der Waals surface area contributed by atoms with Crippen LogP contribution in [-0.4, -0.2) is 42.8 Å². The zero-order valence-corrected chi connectivity index (χ0v) is 14.0. The van der Waals surface area contributed by atoms with E-state index >= 15 is 0 Å². The van der Waals surface area contributed by atoms with Crippen LogP contribution in [0.25, 0.3) is 16.9 Å². The smallest absolute Gasteiger partial charge is 0.261 e. The molecule has 0 aliphatic carbocycles. The molecule has 4 heterocycles. The monoisotopic (exact) mass is 360 g/mol. The number of fused-ring (bicyclic) bond motifs is 1. The molecule has 0 bridgehead atoms. The minimum Gasteiger partial charge on any atom is -0.481 e. The third kappa shape index (κ3) is 2.83. The first kappa shape index (κ1) is 16.2. The number of pyridine rings is 1. The van der Waals surface area contributed by atoms with Crippen molar-refractivity contribution in [2.24, 2.45) is 0 Å². The number of hydrogen-bond acceptors (Lipinski definition) is 7. The zero-order chi connectivity index (χ0) is 18.8. The van der Waals surface area contributed by atoms with E-state index in [2.05, 4.69) is 30.6 Å². The topological polar surface area (TPSA) is 134 Å². The van der Waals surface area contributed by atoms with Gasteiger partial charge in [0.15, 0.2) is 5.65 Å². The summed E-state index contributed by atoms with van der Waals surface area (Å²) < 4.78 is 6.76. The van der Waals surface area contributed by atoms with Crippen LogP contribution in [0.1, 0.15) is 15.9 Å². The molecule has 0 unspecified atom stereocenters. The fraction of sp³-hybridized carbons (Fsp3) is 0.0588. The van der Waals surface area contributed by atoms with Crippen molar-refractivity contribution in [3.05, 3.63) is 54.2 Å². The fourth-order valence-electron chi connectivity index (χ4n) is 2.62. The third-order valence-electron chi connectivity index (χ3n) is 3.85. The third-order valence-corrected chi connectivity index (χ3v) is 3.85. The summed E-state index contributed by atoms with van der Waals surface area (Å²) in [7, 11) is 1.47. The molecule has 0 radical (unpaired) electrons. The molecule has 1 amide bonds. The van der Waals surface area contributed by atoms with Crippen LogP contribution in [0.3, 0.4) is 0 Å². The van der Waals surface area contributed by atoms with Gasteiger partial charge >= 0.3 is 0 Å². The van der Waals surface area contributed by atoms with Crippen molar-refractivity contribution in [3.63, 3.8) is 0 Å². The number of anilines is 1. The molecule has 27 heavy (non-hydrogen) atoms. The van der Waals surface area contributed by atoms with Crippen molar-refractivity contribution in [1.82, 2.24) is 29.8 Å². The highest BCUT2D eigenvalue weighted by molar-refractivity contribution is 6.09. The van der Waals surface area contributed by atoms with Gasteiger partial charge in [-0.25, -0.2) is 14.5 Å². The van der Waals surface area contributed by atoms with E-state index in [1.54, 1.807) is 24.5 Å². The highest BCUT2D eigenvalue weighted by atomic mass is 16.5. The normalized spacial score (nSPS) is 10.5. The molecule has 2 N–H and O–H groups in total. The van der Waals surface area contributed by atoms with E-state index in [0.29, 0.717) is 39.6 Å². The Kier molecular flexibility index (Phi) is 3.94. The Bertz CT molecular complexity index is 1190. The van der Waals surface area contributed by atoms with Crippen LogP contribution >= 0.6 is 0 Å². The predicted octanol–water partition coefficient (Wildman–Crippen LogP) is 1.65. The fourth-order valence-corrected chi connectivity index (χ4v) is 2.62. The van der Waals surface area contributed by atoms with Crippen LogP contribution in [0.15, 0.2) is 43.1 Å². The lowest BCUT2D eigenvalue weighted by Crippen LogP contribution is -2.12. The molecular weight excluding hydrogens is 348 g/mol. The van der Waals surface area contributed by atoms with Gasteiger partial charge in [-0.3, -0.25) is 9.89 Å². The molecule has 10 heteroatoms. The summed E-state index contributed by atoms with van der Waals surface area (Å²) in [5.41, 5.74) is 2.48. The van der Waals surface area contributed by atoms with E-state index < -0.39 is 5.91 Å². The molecule has 132 valence electrons. The number of amides is 1. The first-order chi connectivity index (χ1) is 13.2. The number of nitrogens with one attached hydrogen (secondary N) is 2. The molecule has 0 saturated heterocycles. The van der Waals surface area contributed by atoms with Gasteiger partial charge in [0.25, 0.3) is 5.91 Å². The number of carbonyl (C=O) groups excluding carboxylic acids is 1. The van der Waals surface area contributed by atoms with E-state index in [4.69, 9.17) is 10.00 Å². The van der Waals surface area contributed by atoms with Crippen LogP contribution in [0.2, 0.25) is 0 Å². The van der Waals surface area contributed by atoms with E-state index in [-0.39, 0.29) is 0 Å². The molecule has 4 rings (SSSR count). The highest BCUT2D eigenvalue weighted by Crippen LogP contribution is 2.32. The number of ether oxygens (including phenoxy) is 1. The van der Waals surface area contributed by atoms with Gasteiger partial charge in [0.2, 0.25) is 5.88 Å². The molecule has 0 aromatic carbocycles. The van der Waals surface area contributed by atoms with Crippen molar-refractivity contribution in [2.45, 2.75) is 0 Å². The van der Waals surface area contributed by atoms with Crippen molar-refractivity contribution in [3.8, 4) is 23.2 Å². The summed E-state index contributed by atoms with van der Waals surface area (Å²) in [4.78, 5) is 21.0. The molecule has 4 aromatic rings. The molecule has 0 atom stereocenters. The number of methoxy groups -OCH3 is 1. The Balaban J connectivity index is 1.71. The van der Waals surface area contributed by atoms with Crippen molar-refractivity contribution >= 4 is 17.2 Å². The average Bonchev–Trinajstić information content (AvgIpc) is 3.34. The van der Waals surface area contributed by atoms with Gasteiger partial charge in [0.1, 0.15) is 11.6 Å². The van der Waals surface area contributed by atoms with Gasteiger partial charge in [-0.1, -0.05) is 0 Å². The number of carbonyl (C=O) groups is 1. The van der Waals surface area contributed by atoms with Gasteiger partial charge in [-0.05, 0) is 12.1 Å². The Morgan fingerprint density at radius 2 is 2.22 bits per heavy atom. The van der Waals surface area contributed by atoms with E-state index in [0.717, 1.165) is 0 Å². The second-order valence-corrected chi connectivity index (χ2v) is 5.45. The van der Waals surface area contributed by atoms with Crippen LogP contribution < -0.4 is 10.1 Å². The standard InChI is InChI=1S/C17H12N8O2/c1-27-17-11(5-10(6-18)7-20-17)14-13(9-21-24-14)23-16(26)12-8-22-25-4-2-3-19-15(12)25/h2-5,7-9H,1H3,(H,21,24)(H,23,26). The van der Waals surface area contributed by atoms with Gasteiger partial charge in [-0.2, -0.15) is 15.5 Å². The summed E-state index contributed by atoms with van der Waals surface area (Å²) in [6.07, 6.45) is 7.59. The van der Waals surface area contributed by atoms with E-state index in [1.165, 1.54) is 30.2 Å². The lowest BCUT2D eigenvalue weighted by molar-refractivity contribution is 0.102. The minimum atomic E-state index is -0.394. The minimum absolute atomic E-state index is 0.298. The zero-order valence-electron chi connectivity index (χ0n) is 14.0. The van der Waals surface area contributed by atoms with Crippen LogP contribution in [-0.2, 0) is 0 Å². The number of rotatable bonds is 4. The number of aromatic nitrogens is 6. The number of H-pyrrole nitrogens is 1. The van der Waals surface area contributed by atoms with Gasteiger partial charge < -0.3 is 10.1 Å². The maximum absolute atomic E-state index is 12.7. The van der Waals surface area contributed by atoms with E-state index in [1.807, 2.05) is 6.07 Å². The highest BCUT2D eigenvalue weighted by Gasteiger charge is 2.19. The Morgan fingerprint density at radius 1 is 1.33 bits per heavy atom. The van der Waals surface area contributed by atoms with Gasteiger partial charge in [0, 0.05) is 18.6 Å². The second kappa shape index (κ2) is 6.57. The Hall–Kier alpha value is -4.26. The maximum atomic E-state index is 12.7. The summed E-state index contributed by atoms with van der Waals surface area (Å²) in [6, 6.07) is 5.35. The SMILES string of the molecule is COc1ncc(C#N)cc1-c1[nH]ncc1NC(=O)c1cnn2cccnc12. The first-order valence-corrected chi connectivity index (χ1v) is 7.79.